The second-order valence-corrected chi connectivity index (χ2v) is 10.4. The molecule has 3 aliphatic rings. The predicted molar refractivity (Wildman–Crippen MR) is 140 cm³/mol. The van der Waals surface area contributed by atoms with Crippen LogP contribution in [0.1, 0.15) is 68.2 Å². The summed E-state index contributed by atoms with van der Waals surface area (Å²) in [6.45, 7) is 5.39. The number of rotatable bonds is 4. The first-order valence-corrected chi connectivity index (χ1v) is 13.4. The SMILES string of the molecule is CCCc1c2c(nc3ccc(OC(=O)N4CCCCC4)cc13)-c1cc3c(c(=O)n1C2)COC(=O)[C@]3(O)CC. The third-order valence-corrected chi connectivity index (χ3v) is 8.10. The van der Waals surface area contributed by atoms with Gasteiger partial charge in [-0.2, -0.15) is 0 Å². The zero-order chi connectivity index (χ0) is 26.6. The molecule has 3 aromatic rings. The number of piperidine rings is 1. The van der Waals surface area contributed by atoms with Crippen LogP contribution in [0.15, 0.2) is 29.1 Å². The van der Waals surface area contributed by atoms with Crippen molar-refractivity contribution in [2.75, 3.05) is 13.1 Å². The molecule has 1 fully saturated rings. The minimum Gasteiger partial charge on any atom is -0.458 e. The minimum atomic E-state index is -1.86. The molecule has 1 amide bonds. The number of nitrogens with zero attached hydrogens (tertiary/aromatic N) is 3. The van der Waals surface area contributed by atoms with E-state index in [0.29, 0.717) is 47.9 Å². The van der Waals surface area contributed by atoms with Gasteiger partial charge in [0.2, 0.25) is 0 Å². The highest BCUT2D eigenvalue weighted by Crippen LogP contribution is 2.41. The highest BCUT2D eigenvalue weighted by Gasteiger charge is 2.45. The van der Waals surface area contributed by atoms with E-state index in [2.05, 4.69) is 6.92 Å². The minimum absolute atomic E-state index is 0.0970. The van der Waals surface area contributed by atoms with E-state index in [4.69, 9.17) is 14.5 Å². The molecule has 3 aliphatic heterocycles. The molecule has 9 heteroatoms. The lowest BCUT2D eigenvalue weighted by Gasteiger charge is -2.31. The summed E-state index contributed by atoms with van der Waals surface area (Å²) in [5.41, 5.74) is 2.46. The molecule has 0 radical (unpaired) electrons. The van der Waals surface area contributed by atoms with Gasteiger partial charge < -0.3 is 24.0 Å². The molecule has 0 bridgehead atoms. The number of carbonyl (C=O) groups excluding carboxylic acids is 2. The van der Waals surface area contributed by atoms with Crippen LogP contribution >= 0.6 is 0 Å². The topological polar surface area (TPSA) is 111 Å². The van der Waals surface area contributed by atoms with Crippen LogP contribution in [0, 0.1) is 0 Å². The number of fused-ring (bicyclic) bond motifs is 5. The van der Waals surface area contributed by atoms with Crippen molar-refractivity contribution in [1.29, 1.82) is 0 Å². The summed E-state index contributed by atoms with van der Waals surface area (Å²) in [6.07, 6.45) is 4.51. The Morgan fingerprint density at radius 3 is 2.66 bits per heavy atom. The van der Waals surface area contributed by atoms with Gasteiger partial charge in [0.25, 0.3) is 5.56 Å². The molecule has 1 aromatic carbocycles. The number of carbonyl (C=O) groups is 2. The number of hydrogen-bond donors (Lipinski definition) is 1. The highest BCUT2D eigenvalue weighted by atomic mass is 16.6. The van der Waals surface area contributed by atoms with Crippen molar-refractivity contribution in [3.63, 3.8) is 0 Å². The number of hydrogen-bond acceptors (Lipinski definition) is 7. The fourth-order valence-corrected chi connectivity index (χ4v) is 5.98. The second-order valence-electron chi connectivity index (χ2n) is 10.4. The van der Waals surface area contributed by atoms with Crippen LogP contribution in [-0.2, 0) is 34.7 Å². The Morgan fingerprint density at radius 1 is 1.13 bits per heavy atom. The van der Waals surface area contributed by atoms with E-state index in [9.17, 15) is 19.5 Å². The van der Waals surface area contributed by atoms with E-state index in [1.54, 1.807) is 28.5 Å². The lowest BCUT2D eigenvalue weighted by atomic mass is 9.86. The first-order valence-electron chi connectivity index (χ1n) is 13.4. The maximum absolute atomic E-state index is 13.5. The Bertz CT molecular complexity index is 1540. The van der Waals surface area contributed by atoms with Gasteiger partial charge in [-0.05, 0) is 61.9 Å². The van der Waals surface area contributed by atoms with Crippen LogP contribution in [0.2, 0.25) is 0 Å². The molecule has 0 spiro atoms. The van der Waals surface area contributed by atoms with Crippen LogP contribution < -0.4 is 10.3 Å². The van der Waals surface area contributed by atoms with Crippen molar-refractivity contribution in [3.8, 4) is 17.1 Å². The molecule has 6 rings (SSSR count). The van der Waals surface area contributed by atoms with Crippen molar-refractivity contribution in [1.82, 2.24) is 14.5 Å². The summed E-state index contributed by atoms with van der Waals surface area (Å²) in [5.74, 6) is -0.265. The second kappa shape index (κ2) is 9.23. The Labute approximate surface area is 220 Å². The van der Waals surface area contributed by atoms with E-state index in [1.165, 1.54) is 0 Å². The number of aliphatic hydroxyl groups is 1. The third kappa shape index (κ3) is 3.71. The molecule has 1 N–H and O–H groups in total. The maximum Gasteiger partial charge on any atom is 0.415 e. The van der Waals surface area contributed by atoms with Gasteiger partial charge >= 0.3 is 12.1 Å². The van der Waals surface area contributed by atoms with Crippen LogP contribution in [0.25, 0.3) is 22.3 Å². The number of benzene rings is 1. The van der Waals surface area contributed by atoms with E-state index in [0.717, 1.165) is 54.1 Å². The van der Waals surface area contributed by atoms with Crippen molar-refractivity contribution in [2.24, 2.45) is 0 Å². The van der Waals surface area contributed by atoms with Gasteiger partial charge in [-0.1, -0.05) is 20.3 Å². The van der Waals surface area contributed by atoms with E-state index < -0.39 is 11.6 Å². The molecule has 5 heterocycles. The van der Waals surface area contributed by atoms with Gasteiger partial charge in [0.15, 0.2) is 5.60 Å². The smallest absolute Gasteiger partial charge is 0.415 e. The Morgan fingerprint density at radius 2 is 1.92 bits per heavy atom. The molecule has 198 valence electrons. The number of likely N-dealkylation sites (tertiary alicyclic amines) is 1. The summed E-state index contributed by atoms with van der Waals surface area (Å²) in [5, 5.41) is 12.0. The summed E-state index contributed by atoms with van der Waals surface area (Å²) >= 11 is 0. The number of amides is 1. The highest BCUT2D eigenvalue weighted by molar-refractivity contribution is 5.90. The number of cyclic esters (lactones) is 1. The van der Waals surface area contributed by atoms with Gasteiger partial charge in [0.05, 0.1) is 29.0 Å². The molecule has 1 atom stereocenters. The number of ether oxygens (including phenoxy) is 2. The lowest BCUT2D eigenvalue weighted by molar-refractivity contribution is -0.172. The van der Waals surface area contributed by atoms with Crippen LogP contribution in [0.4, 0.5) is 4.79 Å². The standard InChI is InChI=1S/C29H31N3O6/c1-3-8-18-19-13-17(38-28(35)31-11-6-5-7-12-31)9-10-23(19)30-25-20(18)15-32-24(25)14-22-21(26(32)33)16-37-27(34)29(22,36)4-2/h9-10,13-14,36H,3-8,11-12,15-16H2,1-2H3/t29-/m0/s1. The zero-order valence-corrected chi connectivity index (χ0v) is 21.7. The van der Waals surface area contributed by atoms with Crippen LogP contribution in [0.5, 0.6) is 5.75 Å². The first-order chi connectivity index (χ1) is 18.4. The zero-order valence-electron chi connectivity index (χ0n) is 21.7. The van der Waals surface area contributed by atoms with Gasteiger partial charge in [-0.3, -0.25) is 4.79 Å². The molecular weight excluding hydrogens is 486 g/mol. The summed E-state index contributed by atoms with van der Waals surface area (Å²) < 4.78 is 12.6. The molecule has 1 saturated heterocycles. The molecule has 0 unspecified atom stereocenters. The number of esters is 1. The van der Waals surface area contributed by atoms with E-state index in [1.807, 2.05) is 12.1 Å². The van der Waals surface area contributed by atoms with Crippen LogP contribution in [-0.4, -0.2) is 44.7 Å². The number of aryl methyl sites for hydroxylation is 1. The molecule has 0 aliphatic carbocycles. The summed E-state index contributed by atoms with van der Waals surface area (Å²) in [6, 6.07) is 7.19. The first kappa shape index (κ1) is 24.6. The van der Waals surface area contributed by atoms with E-state index in [-0.39, 0.29) is 24.7 Å². The van der Waals surface area contributed by atoms with E-state index >= 15 is 0 Å². The maximum atomic E-state index is 13.5. The van der Waals surface area contributed by atoms with Gasteiger partial charge in [-0.25, -0.2) is 14.6 Å². The fourth-order valence-electron chi connectivity index (χ4n) is 5.98. The van der Waals surface area contributed by atoms with Crippen molar-refractivity contribution in [2.45, 2.75) is 71.1 Å². The van der Waals surface area contributed by atoms with Crippen molar-refractivity contribution >= 4 is 23.0 Å². The number of pyridine rings is 2. The number of aromatic nitrogens is 2. The Balaban J connectivity index is 1.46. The molecule has 0 saturated carbocycles. The third-order valence-electron chi connectivity index (χ3n) is 8.10. The van der Waals surface area contributed by atoms with Gasteiger partial charge in [0.1, 0.15) is 12.4 Å². The largest absolute Gasteiger partial charge is 0.458 e. The van der Waals surface area contributed by atoms with Gasteiger partial charge in [-0.15, -0.1) is 0 Å². The lowest BCUT2D eigenvalue weighted by Crippen LogP contribution is -2.44. The molecule has 2 aromatic heterocycles. The average molecular weight is 518 g/mol. The monoisotopic (exact) mass is 517 g/mol. The molecule has 38 heavy (non-hydrogen) atoms. The molecule has 9 nitrogen and oxygen atoms in total. The van der Waals surface area contributed by atoms with Crippen LogP contribution in [0.3, 0.4) is 0 Å². The summed E-state index contributed by atoms with van der Waals surface area (Å²) in [4.78, 5) is 45.4. The Kier molecular flexibility index (Phi) is 5.98. The average Bonchev–Trinajstić information content (AvgIpc) is 3.30. The van der Waals surface area contributed by atoms with Crippen molar-refractivity contribution in [3.05, 3.63) is 56.9 Å². The van der Waals surface area contributed by atoms with Crippen molar-refractivity contribution < 1.29 is 24.2 Å². The Hall–Kier alpha value is -3.72. The predicted octanol–water partition coefficient (Wildman–Crippen LogP) is 4.02. The summed E-state index contributed by atoms with van der Waals surface area (Å²) in [7, 11) is 0. The normalized spacial score (nSPS) is 20.1. The van der Waals surface area contributed by atoms with Gasteiger partial charge in [0, 0.05) is 29.6 Å². The molecular formula is C29H31N3O6. The quantitative estimate of drug-likeness (QED) is 0.407. The fraction of sp³-hybridized carbons (Fsp3) is 0.448.